The first kappa shape index (κ1) is 21.3. The van der Waals surface area contributed by atoms with Crippen molar-refractivity contribution in [1.82, 2.24) is 0 Å². The zero-order valence-electron chi connectivity index (χ0n) is 16.2. The maximum atomic E-state index is 11.9. The summed E-state index contributed by atoms with van der Waals surface area (Å²) < 4.78 is 16.3. The molecule has 0 spiro atoms. The molecular weight excluding hydrogens is 384 g/mol. The number of aliphatic hydroxyl groups is 4. The SMILES string of the molecule is COc1cc(OC2OC(CO)C(O)C(O)C2O)cc2cc(C)c(C(C)=O)c(O)c12. The van der Waals surface area contributed by atoms with Gasteiger partial charge in [-0.2, -0.15) is 0 Å². The third kappa shape index (κ3) is 3.75. The quantitative estimate of drug-likeness (QED) is 0.439. The largest absolute Gasteiger partial charge is 0.506 e. The summed E-state index contributed by atoms with van der Waals surface area (Å²) in [6, 6.07) is 4.67. The minimum atomic E-state index is -1.57. The van der Waals surface area contributed by atoms with Gasteiger partial charge in [0.25, 0.3) is 0 Å². The number of aryl methyl sites for hydroxylation is 1. The van der Waals surface area contributed by atoms with Crippen LogP contribution in [0.3, 0.4) is 0 Å². The minimum absolute atomic E-state index is 0.188. The zero-order valence-corrected chi connectivity index (χ0v) is 16.2. The Morgan fingerprint density at radius 2 is 1.83 bits per heavy atom. The Bertz CT molecular complexity index is 924. The number of carbonyl (C=O) groups excluding carboxylic acids is 1. The number of ether oxygens (including phenoxy) is 3. The van der Waals surface area contributed by atoms with Crippen molar-refractivity contribution in [2.45, 2.75) is 44.6 Å². The summed E-state index contributed by atoms with van der Waals surface area (Å²) in [6.07, 6.45) is -7.10. The summed E-state index contributed by atoms with van der Waals surface area (Å²) in [5.74, 6) is -0.0792. The fourth-order valence-corrected chi connectivity index (χ4v) is 3.57. The molecule has 3 rings (SSSR count). The molecular formula is C20H24O9. The van der Waals surface area contributed by atoms with E-state index in [0.29, 0.717) is 16.3 Å². The summed E-state index contributed by atoms with van der Waals surface area (Å²) in [7, 11) is 1.39. The van der Waals surface area contributed by atoms with Crippen molar-refractivity contribution in [3.63, 3.8) is 0 Å². The number of aromatic hydroxyl groups is 1. The van der Waals surface area contributed by atoms with Crippen LogP contribution in [-0.2, 0) is 4.74 Å². The van der Waals surface area contributed by atoms with E-state index in [1.807, 2.05) is 0 Å². The molecule has 9 nitrogen and oxygen atoms in total. The Labute approximate surface area is 166 Å². The second-order valence-electron chi connectivity index (χ2n) is 7.01. The van der Waals surface area contributed by atoms with Crippen molar-refractivity contribution in [3.05, 3.63) is 29.3 Å². The molecule has 1 heterocycles. The van der Waals surface area contributed by atoms with Crippen molar-refractivity contribution >= 4 is 16.6 Å². The Balaban J connectivity index is 2.03. The van der Waals surface area contributed by atoms with Crippen molar-refractivity contribution in [2.75, 3.05) is 13.7 Å². The lowest BCUT2D eigenvalue weighted by Gasteiger charge is -2.39. The zero-order chi connectivity index (χ0) is 21.5. The average Bonchev–Trinajstić information content (AvgIpc) is 2.67. The first-order chi connectivity index (χ1) is 13.7. The number of rotatable bonds is 5. The highest BCUT2D eigenvalue weighted by Gasteiger charge is 2.44. The maximum absolute atomic E-state index is 11.9. The molecule has 1 fully saturated rings. The third-order valence-electron chi connectivity index (χ3n) is 5.02. The number of methoxy groups -OCH3 is 1. The molecule has 5 N–H and O–H groups in total. The monoisotopic (exact) mass is 408 g/mol. The normalized spacial score (nSPS) is 27.1. The number of hydrogen-bond donors (Lipinski definition) is 5. The minimum Gasteiger partial charge on any atom is -0.506 e. The molecule has 2 aromatic rings. The second kappa shape index (κ2) is 8.13. The van der Waals surface area contributed by atoms with Crippen LogP contribution in [0, 0.1) is 6.92 Å². The fraction of sp³-hybridized carbons (Fsp3) is 0.450. The predicted octanol–water partition coefficient (Wildman–Crippen LogP) is 0.244. The van der Waals surface area contributed by atoms with Crippen LogP contribution in [0.25, 0.3) is 10.8 Å². The molecule has 158 valence electrons. The molecule has 1 saturated heterocycles. The number of phenolic OH excluding ortho intramolecular Hbond substituents is 1. The molecule has 1 aliphatic rings. The van der Waals surface area contributed by atoms with E-state index >= 15 is 0 Å². The van der Waals surface area contributed by atoms with E-state index in [0.717, 1.165) is 0 Å². The van der Waals surface area contributed by atoms with Crippen molar-refractivity contribution < 1.29 is 44.5 Å². The van der Waals surface area contributed by atoms with E-state index in [1.54, 1.807) is 19.1 Å². The Morgan fingerprint density at radius 1 is 1.14 bits per heavy atom. The highest BCUT2D eigenvalue weighted by molar-refractivity contribution is 6.07. The van der Waals surface area contributed by atoms with Crippen molar-refractivity contribution in [1.29, 1.82) is 0 Å². The summed E-state index contributed by atoms with van der Waals surface area (Å²) in [5, 5.41) is 50.7. The number of ketones is 1. The van der Waals surface area contributed by atoms with Crippen LogP contribution in [0.4, 0.5) is 0 Å². The van der Waals surface area contributed by atoms with E-state index in [1.165, 1.54) is 20.1 Å². The molecule has 0 amide bonds. The summed E-state index contributed by atoms with van der Waals surface area (Å²) in [5.41, 5.74) is 0.757. The second-order valence-corrected chi connectivity index (χ2v) is 7.01. The first-order valence-corrected chi connectivity index (χ1v) is 9.02. The molecule has 9 heteroatoms. The summed E-state index contributed by atoms with van der Waals surface area (Å²) in [4.78, 5) is 11.9. The van der Waals surface area contributed by atoms with E-state index < -0.39 is 37.3 Å². The summed E-state index contributed by atoms with van der Waals surface area (Å²) >= 11 is 0. The van der Waals surface area contributed by atoms with Gasteiger partial charge in [-0.25, -0.2) is 0 Å². The van der Waals surface area contributed by atoms with Gasteiger partial charge in [-0.05, 0) is 30.9 Å². The lowest BCUT2D eigenvalue weighted by molar-refractivity contribution is -0.277. The molecule has 0 radical (unpaired) electrons. The average molecular weight is 408 g/mol. The predicted molar refractivity (Wildman–Crippen MR) is 101 cm³/mol. The Kier molecular flexibility index (Phi) is 5.97. The van der Waals surface area contributed by atoms with Gasteiger partial charge in [-0.15, -0.1) is 0 Å². The van der Waals surface area contributed by atoms with Gasteiger partial charge in [-0.3, -0.25) is 4.79 Å². The van der Waals surface area contributed by atoms with Crippen molar-refractivity contribution in [3.8, 4) is 17.2 Å². The van der Waals surface area contributed by atoms with Gasteiger partial charge in [0.1, 0.15) is 41.7 Å². The van der Waals surface area contributed by atoms with Crippen LogP contribution >= 0.6 is 0 Å². The van der Waals surface area contributed by atoms with E-state index in [4.69, 9.17) is 14.2 Å². The fourth-order valence-electron chi connectivity index (χ4n) is 3.57. The molecule has 5 atom stereocenters. The van der Waals surface area contributed by atoms with Gasteiger partial charge in [0.15, 0.2) is 5.78 Å². The van der Waals surface area contributed by atoms with Gasteiger partial charge in [-0.1, -0.05) is 6.07 Å². The summed E-state index contributed by atoms with van der Waals surface area (Å²) in [6.45, 7) is 2.47. The molecule has 29 heavy (non-hydrogen) atoms. The number of phenols is 1. The molecule has 0 saturated carbocycles. The first-order valence-electron chi connectivity index (χ1n) is 9.02. The molecule has 0 aliphatic carbocycles. The molecule has 2 aromatic carbocycles. The van der Waals surface area contributed by atoms with Gasteiger partial charge >= 0.3 is 0 Å². The van der Waals surface area contributed by atoms with E-state index in [2.05, 4.69) is 0 Å². The standard InChI is InChI=1S/C20H24O9/c1-8-4-10-5-11(6-12(27-3)15(10)17(24)14(8)9(2)22)28-20-19(26)18(25)16(23)13(7-21)29-20/h4-6,13,16,18-21,23-26H,7H2,1-3H3. The van der Waals surface area contributed by atoms with Gasteiger partial charge < -0.3 is 39.7 Å². The van der Waals surface area contributed by atoms with Gasteiger partial charge in [0.05, 0.1) is 24.7 Å². The van der Waals surface area contributed by atoms with Crippen LogP contribution < -0.4 is 9.47 Å². The number of Topliss-reactive ketones (excluding diaryl/α,β-unsaturated/α-hetero) is 1. The number of carbonyl (C=O) groups is 1. The number of aliphatic hydroxyl groups excluding tert-OH is 4. The maximum Gasteiger partial charge on any atom is 0.229 e. The van der Waals surface area contributed by atoms with Crippen LogP contribution in [0.5, 0.6) is 17.2 Å². The number of hydrogen-bond acceptors (Lipinski definition) is 9. The lowest BCUT2D eigenvalue weighted by atomic mass is 9.97. The molecule has 5 unspecified atom stereocenters. The van der Waals surface area contributed by atoms with Crippen LogP contribution in [0.2, 0.25) is 0 Å². The van der Waals surface area contributed by atoms with Crippen LogP contribution in [0.1, 0.15) is 22.8 Å². The number of benzene rings is 2. The topological polar surface area (TPSA) is 146 Å². The molecule has 0 bridgehead atoms. The highest BCUT2D eigenvalue weighted by Crippen LogP contribution is 2.41. The third-order valence-corrected chi connectivity index (χ3v) is 5.02. The van der Waals surface area contributed by atoms with E-state index in [9.17, 15) is 30.3 Å². The van der Waals surface area contributed by atoms with Gasteiger partial charge in [0, 0.05) is 6.07 Å². The highest BCUT2D eigenvalue weighted by atomic mass is 16.7. The lowest BCUT2D eigenvalue weighted by Crippen LogP contribution is -2.60. The van der Waals surface area contributed by atoms with Gasteiger partial charge in [0.2, 0.25) is 6.29 Å². The van der Waals surface area contributed by atoms with Crippen LogP contribution in [0.15, 0.2) is 18.2 Å². The van der Waals surface area contributed by atoms with E-state index in [-0.39, 0.29) is 28.6 Å². The number of fused-ring (bicyclic) bond motifs is 1. The van der Waals surface area contributed by atoms with Crippen molar-refractivity contribution in [2.24, 2.45) is 0 Å². The molecule has 1 aliphatic heterocycles. The Morgan fingerprint density at radius 3 is 2.41 bits per heavy atom. The van der Waals surface area contributed by atoms with Crippen LogP contribution in [-0.4, -0.2) is 75.7 Å². The molecule has 0 aromatic heterocycles. The Hall–Kier alpha value is -2.43. The smallest absolute Gasteiger partial charge is 0.229 e.